The zero-order chi connectivity index (χ0) is 22.3. The van der Waals surface area contributed by atoms with Gasteiger partial charge in [-0.3, -0.25) is 9.59 Å². The Morgan fingerprint density at radius 2 is 1.73 bits per heavy atom. The van der Waals surface area contributed by atoms with E-state index in [4.69, 9.17) is 5.11 Å². The normalized spacial score (nSPS) is 12.2. The van der Waals surface area contributed by atoms with E-state index in [1.807, 2.05) is 0 Å². The summed E-state index contributed by atoms with van der Waals surface area (Å²) < 4.78 is 27.4. The summed E-state index contributed by atoms with van der Waals surface area (Å²) in [4.78, 5) is 30.9. The summed E-state index contributed by atoms with van der Waals surface area (Å²) in [7, 11) is -3.87. The number of sulfonamides is 1. The molecule has 2 rings (SSSR count). The summed E-state index contributed by atoms with van der Waals surface area (Å²) >= 11 is 1.40. The molecule has 1 heterocycles. The molecule has 0 saturated carbocycles. The summed E-state index contributed by atoms with van der Waals surface area (Å²) in [6, 6.07) is 7.50. The lowest BCUT2D eigenvalue weighted by Gasteiger charge is -2.12. The van der Waals surface area contributed by atoms with Gasteiger partial charge in [0, 0.05) is 34.5 Å². The van der Waals surface area contributed by atoms with Crippen molar-refractivity contribution in [2.45, 2.75) is 32.1 Å². The van der Waals surface area contributed by atoms with E-state index in [2.05, 4.69) is 20.0 Å². The summed E-state index contributed by atoms with van der Waals surface area (Å²) in [5.74, 6) is -0.486. The smallest absolute Gasteiger partial charge is 0.304 e. The molecular formula is C19H24N4O5S2. The maximum Gasteiger partial charge on any atom is 0.304 e. The highest BCUT2D eigenvalue weighted by atomic mass is 32.2. The number of anilines is 2. The standard InChI is InChI=1S/C19H24N4O5S2/c1-12(11-29-9-8-17(24)25)18(26)22-15-4-6-16(7-5-15)30(27,28)23-19-20-13(2)10-14(3)21-19/h4-7,10,12H,8-9,11H2,1-3H3,(H,22,26)(H,24,25)(H,20,21,23). The van der Waals surface area contributed by atoms with Crippen molar-refractivity contribution in [3.05, 3.63) is 41.7 Å². The first-order valence-corrected chi connectivity index (χ1v) is 11.8. The molecule has 1 atom stereocenters. The second-order valence-corrected chi connectivity index (χ2v) is 9.55. The van der Waals surface area contributed by atoms with E-state index < -0.39 is 16.0 Å². The van der Waals surface area contributed by atoms with Crippen molar-refractivity contribution in [3.8, 4) is 0 Å². The van der Waals surface area contributed by atoms with Gasteiger partial charge in [-0.1, -0.05) is 6.92 Å². The lowest BCUT2D eigenvalue weighted by atomic mass is 10.2. The summed E-state index contributed by atoms with van der Waals surface area (Å²) in [5, 5.41) is 11.3. The number of aliphatic carboxylic acids is 1. The number of carboxylic acids is 1. The Labute approximate surface area is 179 Å². The SMILES string of the molecule is Cc1cc(C)nc(NS(=O)(=O)c2ccc(NC(=O)C(C)CSCCC(=O)O)cc2)n1. The molecule has 0 radical (unpaired) electrons. The van der Waals surface area contributed by atoms with Gasteiger partial charge in [-0.25, -0.2) is 23.1 Å². The molecule has 1 aromatic heterocycles. The third kappa shape index (κ3) is 7.30. The Bertz CT molecular complexity index is 990. The van der Waals surface area contributed by atoms with Crippen LogP contribution in [0.3, 0.4) is 0 Å². The number of hydrogen-bond donors (Lipinski definition) is 3. The number of carbonyl (C=O) groups is 2. The van der Waals surface area contributed by atoms with Crippen LogP contribution < -0.4 is 10.0 Å². The van der Waals surface area contributed by atoms with Gasteiger partial charge in [0.05, 0.1) is 11.3 Å². The van der Waals surface area contributed by atoms with Crippen LogP contribution in [0.2, 0.25) is 0 Å². The molecule has 2 aromatic rings. The van der Waals surface area contributed by atoms with Crippen molar-refractivity contribution in [3.63, 3.8) is 0 Å². The summed E-state index contributed by atoms with van der Waals surface area (Å²) in [6.45, 7) is 5.24. The second-order valence-electron chi connectivity index (χ2n) is 6.71. The van der Waals surface area contributed by atoms with Crippen molar-refractivity contribution in [1.82, 2.24) is 9.97 Å². The number of nitrogens with one attached hydrogen (secondary N) is 2. The zero-order valence-electron chi connectivity index (χ0n) is 16.9. The fourth-order valence-electron chi connectivity index (χ4n) is 2.43. The lowest BCUT2D eigenvalue weighted by molar-refractivity contribution is -0.136. The van der Waals surface area contributed by atoms with E-state index in [-0.39, 0.29) is 29.1 Å². The molecule has 0 aliphatic rings. The first kappa shape index (κ1) is 23.6. The third-order valence-corrected chi connectivity index (χ3v) is 6.49. The minimum absolute atomic E-state index is 0.000831. The number of aromatic nitrogens is 2. The Kier molecular flexibility index (Phi) is 8.18. The maximum atomic E-state index is 12.5. The Morgan fingerprint density at radius 3 is 2.30 bits per heavy atom. The molecule has 1 unspecified atom stereocenters. The van der Waals surface area contributed by atoms with E-state index in [0.717, 1.165) is 0 Å². The van der Waals surface area contributed by atoms with Crippen molar-refractivity contribution in [1.29, 1.82) is 0 Å². The minimum atomic E-state index is -3.87. The molecule has 3 N–H and O–H groups in total. The average Bonchev–Trinajstić information content (AvgIpc) is 2.64. The molecule has 1 aromatic carbocycles. The zero-order valence-corrected chi connectivity index (χ0v) is 18.5. The number of thioether (sulfide) groups is 1. The molecule has 0 fully saturated rings. The van der Waals surface area contributed by atoms with Gasteiger partial charge in [0.15, 0.2) is 0 Å². The fraction of sp³-hybridized carbons (Fsp3) is 0.368. The number of carboxylic acid groups (broad SMARTS) is 1. The van der Waals surface area contributed by atoms with E-state index in [9.17, 15) is 18.0 Å². The highest BCUT2D eigenvalue weighted by Gasteiger charge is 2.17. The summed E-state index contributed by atoms with van der Waals surface area (Å²) in [5.41, 5.74) is 1.76. The van der Waals surface area contributed by atoms with Gasteiger partial charge in [-0.15, -0.1) is 0 Å². The third-order valence-electron chi connectivity index (χ3n) is 3.92. The van der Waals surface area contributed by atoms with E-state index in [0.29, 0.717) is 28.6 Å². The Hall–Kier alpha value is -2.66. The topological polar surface area (TPSA) is 138 Å². The second kappa shape index (κ2) is 10.4. The van der Waals surface area contributed by atoms with Crippen molar-refractivity contribution >= 4 is 45.3 Å². The number of nitrogens with zero attached hydrogens (tertiary/aromatic N) is 2. The Balaban J connectivity index is 1.96. The van der Waals surface area contributed by atoms with Gasteiger partial charge in [0.2, 0.25) is 11.9 Å². The number of benzene rings is 1. The molecule has 0 bridgehead atoms. The van der Waals surface area contributed by atoms with E-state index in [1.165, 1.54) is 36.0 Å². The fourth-order valence-corrected chi connectivity index (χ4v) is 4.36. The van der Waals surface area contributed by atoms with Gasteiger partial charge in [0.25, 0.3) is 10.0 Å². The van der Waals surface area contributed by atoms with Gasteiger partial charge < -0.3 is 10.4 Å². The molecule has 11 heteroatoms. The molecule has 0 saturated heterocycles. The number of hydrogen-bond acceptors (Lipinski definition) is 7. The molecule has 0 aliphatic heterocycles. The van der Waals surface area contributed by atoms with Crippen LogP contribution in [0.5, 0.6) is 0 Å². The predicted molar refractivity (Wildman–Crippen MR) is 116 cm³/mol. The van der Waals surface area contributed by atoms with Crippen LogP contribution in [-0.4, -0.2) is 46.9 Å². The van der Waals surface area contributed by atoms with Gasteiger partial charge in [0.1, 0.15) is 0 Å². The predicted octanol–water partition coefficient (Wildman–Crippen LogP) is 2.68. The van der Waals surface area contributed by atoms with Crippen LogP contribution in [0.1, 0.15) is 24.7 Å². The molecule has 30 heavy (non-hydrogen) atoms. The average molecular weight is 453 g/mol. The van der Waals surface area contributed by atoms with E-state index >= 15 is 0 Å². The maximum absolute atomic E-state index is 12.5. The van der Waals surface area contributed by atoms with E-state index in [1.54, 1.807) is 26.8 Å². The molecule has 162 valence electrons. The highest BCUT2D eigenvalue weighted by molar-refractivity contribution is 7.99. The van der Waals surface area contributed by atoms with Crippen LogP contribution in [-0.2, 0) is 19.6 Å². The number of amides is 1. The molecule has 9 nitrogen and oxygen atoms in total. The van der Waals surface area contributed by atoms with Gasteiger partial charge in [-0.05, 0) is 44.2 Å². The first-order chi connectivity index (χ1) is 14.1. The van der Waals surface area contributed by atoms with Crippen LogP contribution in [0, 0.1) is 19.8 Å². The molecule has 0 aliphatic carbocycles. The number of aryl methyl sites for hydroxylation is 2. The summed E-state index contributed by atoms with van der Waals surface area (Å²) in [6.07, 6.45) is 0.0517. The quantitative estimate of drug-likeness (QED) is 0.468. The van der Waals surface area contributed by atoms with Crippen molar-refractivity contribution in [2.75, 3.05) is 21.5 Å². The molecular weight excluding hydrogens is 428 g/mol. The van der Waals surface area contributed by atoms with Crippen molar-refractivity contribution < 1.29 is 23.1 Å². The van der Waals surface area contributed by atoms with Crippen LogP contribution in [0.15, 0.2) is 35.2 Å². The number of rotatable bonds is 10. The van der Waals surface area contributed by atoms with Gasteiger partial charge in [-0.2, -0.15) is 11.8 Å². The first-order valence-electron chi connectivity index (χ1n) is 9.12. The van der Waals surface area contributed by atoms with Crippen LogP contribution >= 0.6 is 11.8 Å². The monoisotopic (exact) mass is 452 g/mol. The molecule has 0 spiro atoms. The number of carbonyl (C=O) groups excluding carboxylic acids is 1. The van der Waals surface area contributed by atoms with Crippen molar-refractivity contribution in [2.24, 2.45) is 5.92 Å². The molecule has 1 amide bonds. The Morgan fingerprint density at radius 1 is 1.13 bits per heavy atom. The highest BCUT2D eigenvalue weighted by Crippen LogP contribution is 2.18. The largest absolute Gasteiger partial charge is 0.481 e. The lowest BCUT2D eigenvalue weighted by Crippen LogP contribution is -2.22. The van der Waals surface area contributed by atoms with Crippen LogP contribution in [0.4, 0.5) is 11.6 Å². The van der Waals surface area contributed by atoms with Crippen LogP contribution in [0.25, 0.3) is 0 Å². The minimum Gasteiger partial charge on any atom is -0.481 e. The van der Waals surface area contributed by atoms with Gasteiger partial charge >= 0.3 is 5.97 Å².